The number of nitrogens with one attached hydrogen (secondary N) is 2. The predicted octanol–water partition coefficient (Wildman–Crippen LogP) is 3.11. The Bertz CT molecular complexity index is 664. The normalized spacial score (nSPS) is 11.1. The Labute approximate surface area is 171 Å². The summed E-state index contributed by atoms with van der Waals surface area (Å²) in [5.41, 5.74) is 1.29. The average Bonchev–Trinajstić information content (AvgIpc) is 3.13. The average molecular weight is 475 g/mol. The molecular weight excluding hydrogens is 448 g/mol. The zero-order valence-electron chi connectivity index (χ0n) is 15.2. The molecule has 1 heterocycles. The Balaban J connectivity index is 0.00000338. The van der Waals surface area contributed by atoms with Gasteiger partial charge in [0.05, 0.1) is 18.6 Å². The molecule has 0 aliphatic heterocycles. The summed E-state index contributed by atoms with van der Waals surface area (Å²) in [6.45, 7) is 7.40. The van der Waals surface area contributed by atoms with Crippen molar-refractivity contribution < 1.29 is 9.13 Å². The molecule has 1 aromatic carbocycles. The number of hydrogen-bond acceptors (Lipinski definition) is 3. The van der Waals surface area contributed by atoms with E-state index in [1.807, 2.05) is 19.9 Å². The summed E-state index contributed by atoms with van der Waals surface area (Å²) < 4.78 is 21.2. The monoisotopic (exact) mass is 475 g/mol. The van der Waals surface area contributed by atoms with E-state index in [1.54, 1.807) is 29.4 Å². The van der Waals surface area contributed by atoms with Crippen LogP contribution < -0.4 is 10.6 Å². The Morgan fingerprint density at radius 2 is 2.15 bits per heavy atom. The van der Waals surface area contributed by atoms with E-state index in [4.69, 9.17) is 4.74 Å². The number of aromatic nitrogens is 2. The molecule has 0 atom stereocenters. The van der Waals surface area contributed by atoms with Gasteiger partial charge in [0.15, 0.2) is 5.96 Å². The molecule has 0 bridgehead atoms. The Hall–Kier alpha value is -1.68. The Kier molecular flexibility index (Phi) is 10.9. The van der Waals surface area contributed by atoms with Crippen molar-refractivity contribution >= 4 is 29.9 Å². The number of ether oxygens (including phenoxy) is 1. The SMILES string of the molecule is CCNC(=NCc1ccc(-n2ccnc2)c(F)c1)NCCCOCC.I. The molecule has 6 nitrogen and oxygen atoms in total. The molecule has 26 heavy (non-hydrogen) atoms. The van der Waals surface area contributed by atoms with Crippen LogP contribution in [0.2, 0.25) is 0 Å². The number of rotatable bonds is 9. The van der Waals surface area contributed by atoms with Gasteiger partial charge in [-0.2, -0.15) is 0 Å². The zero-order valence-corrected chi connectivity index (χ0v) is 17.6. The molecule has 0 spiro atoms. The van der Waals surface area contributed by atoms with Crippen LogP contribution in [-0.2, 0) is 11.3 Å². The maximum atomic E-state index is 14.3. The summed E-state index contributed by atoms with van der Waals surface area (Å²) in [5.74, 6) is 0.429. The van der Waals surface area contributed by atoms with E-state index >= 15 is 0 Å². The van der Waals surface area contributed by atoms with E-state index in [9.17, 15) is 4.39 Å². The lowest BCUT2D eigenvalue weighted by atomic mass is 10.2. The van der Waals surface area contributed by atoms with Crippen molar-refractivity contribution in [3.63, 3.8) is 0 Å². The first-order valence-electron chi connectivity index (χ1n) is 8.61. The fourth-order valence-electron chi connectivity index (χ4n) is 2.30. The quantitative estimate of drug-likeness (QED) is 0.253. The third-order valence-corrected chi connectivity index (χ3v) is 3.52. The van der Waals surface area contributed by atoms with Gasteiger partial charge in [-0.15, -0.1) is 24.0 Å². The van der Waals surface area contributed by atoms with E-state index in [1.165, 1.54) is 6.07 Å². The van der Waals surface area contributed by atoms with Crippen molar-refractivity contribution in [1.29, 1.82) is 0 Å². The highest BCUT2D eigenvalue weighted by Crippen LogP contribution is 2.15. The molecule has 2 N–H and O–H groups in total. The maximum absolute atomic E-state index is 14.3. The van der Waals surface area contributed by atoms with E-state index < -0.39 is 0 Å². The molecule has 2 rings (SSSR count). The van der Waals surface area contributed by atoms with E-state index in [0.717, 1.165) is 44.2 Å². The van der Waals surface area contributed by atoms with Crippen molar-refractivity contribution in [3.8, 4) is 5.69 Å². The van der Waals surface area contributed by atoms with Gasteiger partial charge < -0.3 is 19.9 Å². The molecule has 1 aromatic heterocycles. The van der Waals surface area contributed by atoms with Crippen LogP contribution in [0.15, 0.2) is 41.9 Å². The molecule has 144 valence electrons. The lowest BCUT2D eigenvalue weighted by Crippen LogP contribution is -2.38. The molecular formula is C18H27FIN5O. The second-order valence-corrected chi connectivity index (χ2v) is 5.43. The molecule has 0 aliphatic rings. The van der Waals surface area contributed by atoms with Gasteiger partial charge in [-0.05, 0) is 38.0 Å². The van der Waals surface area contributed by atoms with Crippen LogP contribution in [0.4, 0.5) is 4.39 Å². The number of benzene rings is 1. The van der Waals surface area contributed by atoms with Crippen LogP contribution in [0.1, 0.15) is 25.8 Å². The first-order chi connectivity index (χ1) is 12.2. The summed E-state index contributed by atoms with van der Waals surface area (Å²) in [6, 6.07) is 5.13. The molecule has 0 unspecified atom stereocenters. The highest BCUT2D eigenvalue weighted by molar-refractivity contribution is 14.0. The topological polar surface area (TPSA) is 63.5 Å². The van der Waals surface area contributed by atoms with Crippen LogP contribution in [0.25, 0.3) is 5.69 Å². The number of aliphatic imine (C=N–C) groups is 1. The molecule has 0 saturated heterocycles. The molecule has 0 fully saturated rings. The molecule has 0 amide bonds. The summed E-state index contributed by atoms with van der Waals surface area (Å²) in [6.07, 6.45) is 5.82. The fourth-order valence-corrected chi connectivity index (χ4v) is 2.30. The number of halogens is 2. The minimum atomic E-state index is -0.291. The van der Waals surface area contributed by atoms with Gasteiger partial charge in [-0.3, -0.25) is 0 Å². The van der Waals surface area contributed by atoms with Gasteiger partial charge in [-0.1, -0.05) is 6.07 Å². The molecule has 8 heteroatoms. The summed E-state index contributed by atoms with van der Waals surface area (Å²) in [4.78, 5) is 8.44. The van der Waals surface area contributed by atoms with E-state index in [0.29, 0.717) is 12.2 Å². The van der Waals surface area contributed by atoms with Gasteiger partial charge in [0.1, 0.15) is 5.82 Å². The molecule has 0 radical (unpaired) electrons. The largest absolute Gasteiger partial charge is 0.382 e. The van der Waals surface area contributed by atoms with Crippen molar-refractivity contribution in [2.45, 2.75) is 26.8 Å². The smallest absolute Gasteiger partial charge is 0.191 e. The zero-order chi connectivity index (χ0) is 17.9. The standard InChI is InChI=1S/C18H26FN5O.HI/c1-3-21-18(22-8-5-11-25-4-2)23-13-15-6-7-17(16(19)12-15)24-10-9-20-14-24;/h6-7,9-10,12,14H,3-5,8,11,13H2,1-2H3,(H2,21,22,23);1H. The summed E-state index contributed by atoms with van der Waals surface area (Å²) >= 11 is 0. The highest BCUT2D eigenvalue weighted by atomic mass is 127. The van der Waals surface area contributed by atoms with Crippen molar-refractivity contribution in [2.75, 3.05) is 26.3 Å². The van der Waals surface area contributed by atoms with Gasteiger partial charge in [0, 0.05) is 38.7 Å². The Morgan fingerprint density at radius 3 is 2.81 bits per heavy atom. The van der Waals surface area contributed by atoms with Crippen molar-refractivity contribution in [1.82, 2.24) is 20.2 Å². The van der Waals surface area contributed by atoms with Crippen LogP contribution in [0.3, 0.4) is 0 Å². The number of nitrogens with zero attached hydrogens (tertiary/aromatic N) is 3. The van der Waals surface area contributed by atoms with Crippen LogP contribution in [-0.4, -0.2) is 41.8 Å². The first kappa shape index (κ1) is 22.4. The third kappa shape index (κ3) is 7.28. The predicted molar refractivity (Wildman–Crippen MR) is 113 cm³/mol. The summed E-state index contributed by atoms with van der Waals surface area (Å²) in [7, 11) is 0. The van der Waals surface area contributed by atoms with Gasteiger partial charge in [0.2, 0.25) is 0 Å². The third-order valence-electron chi connectivity index (χ3n) is 3.52. The Morgan fingerprint density at radius 1 is 1.31 bits per heavy atom. The first-order valence-corrected chi connectivity index (χ1v) is 8.61. The number of guanidine groups is 1. The maximum Gasteiger partial charge on any atom is 0.191 e. The van der Waals surface area contributed by atoms with E-state index in [-0.39, 0.29) is 29.8 Å². The second-order valence-electron chi connectivity index (χ2n) is 5.43. The lowest BCUT2D eigenvalue weighted by molar-refractivity contribution is 0.145. The van der Waals surface area contributed by atoms with Crippen LogP contribution in [0.5, 0.6) is 0 Å². The molecule has 0 aliphatic carbocycles. The molecule has 2 aromatic rings. The minimum Gasteiger partial charge on any atom is -0.382 e. The fraction of sp³-hybridized carbons (Fsp3) is 0.444. The number of imidazole rings is 1. The minimum absolute atomic E-state index is 0. The van der Waals surface area contributed by atoms with Gasteiger partial charge >= 0.3 is 0 Å². The van der Waals surface area contributed by atoms with Crippen molar-refractivity contribution in [2.24, 2.45) is 4.99 Å². The van der Waals surface area contributed by atoms with Gasteiger partial charge in [-0.25, -0.2) is 14.4 Å². The highest BCUT2D eigenvalue weighted by Gasteiger charge is 2.05. The van der Waals surface area contributed by atoms with Crippen LogP contribution >= 0.6 is 24.0 Å². The number of hydrogen-bond donors (Lipinski definition) is 2. The van der Waals surface area contributed by atoms with E-state index in [2.05, 4.69) is 20.6 Å². The second kappa shape index (κ2) is 12.6. The summed E-state index contributed by atoms with van der Waals surface area (Å²) in [5, 5.41) is 6.44. The lowest BCUT2D eigenvalue weighted by Gasteiger charge is -2.11. The van der Waals surface area contributed by atoms with Gasteiger partial charge in [0.25, 0.3) is 0 Å². The van der Waals surface area contributed by atoms with Crippen LogP contribution in [0, 0.1) is 5.82 Å². The van der Waals surface area contributed by atoms with Crippen molar-refractivity contribution in [3.05, 3.63) is 48.3 Å². The molecule has 0 saturated carbocycles.